The average molecular weight is 249 g/mol. The number of nitrogens with one attached hydrogen (secondary N) is 1. The second-order valence-electron chi connectivity index (χ2n) is 4.65. The van der Waals surface area contributed by atoms with E-state index in [1.54, 1.807) is 7.11 Å². The molecule has 0 aromatic heterocycles. The molecule has 1 heterocycles. The Bertz CT molecular complexity index is 388. The van der Waals surface area contributed by atoms with Gasteiger partial charge in [-0.25, -0.2) is 0 Å². The molecule has 0 radical (unpaired) electrons. The van der Waals surface area contributed by atoms with Gasteiger partial charge in [0, 0.05) is 19.1 Å². The zero-order valence-corrected chi connectivity index (χ0v) is 11.5. The topological polar surface area (TPSA) is 30.5 Å². The fraction of sp³-hybridized carbons (Fsp3) is 0.600. The molecule has 0 spiro atoms. The summed E-state index contributed by atoms with van der Waals surface area (Å²) >= 11 is 0. The van der Waals surface area contributed by atoms with Crippen molar-refractivity contribution in [1.29, 1.82) is 0 Å². The van der Waals surface area contributed by atoms with E-state index in [1.165, 1.54) is 11.1 Å². The maximum Gasteiger partial charge on any atom is 0.127 e. The van der Waals surface area contributed by atoms with Crippen LogP contribution < -0.4 is 10.1 Å². The maximum absolute atomic E-state index is 5.80. The van der Waals surface area contributed by atoms with Gasteiger partial charge in [-0.05, 0) is 18.5 Å². The second kappa shape index (κ2) is 6.21. The van der Waals surface area contributed by atoms with Crippen LogP contribution in [0, 0.1) is 0 Å². The van der Waals surface area contributed by atoms with Crippen LogP contribution in [-0.2, 0) is 11.2 Å². The van der Waals surface area contributed by atoms with Crippen molar-refractivity contribution in [3.63, 3.8) is 0 Å². The van der Waals surface area contributed by atoms with E-state index in [2.05, 4.69) is 37.4 Å². The predicted molar refractivity (Wildman–Crippen MR) is 73.1 cm³/mol. The molecule has 0 saturated heterocycles. The molecule has 0 amide bonds. The number of ether oxygens (including phenoxy) is 2. The van der Waals surface area contributed by atoms with Gasteiger partial charge >= 0.3 is 0 Å². The molecule has 1 N–H and O–H groups in total. The van der Waals surface area contributed by atoms with Gasteiger partial charge in [0.1, 0.15) is 5.75 Å². The quantitative estimate of drug-likeness (QED) is 0.841. The van der Waals surface area contributed by atoms with Crippen LogP contribution in [0.2, 0.25) is 0 Å². The highest BCUT2D eigenvalue weighted by Gasteiger charge is 2.26. The molecule has 0 bridgehead atoms. The van der Waals surface area contributed by atoms with Gasteiger partial charge in [-0.3, -0.25) is 0 Å². The van der Waals surface area contributed by atoms with E-state index in [0.717, 1.165) is 31.7 Å². The van der Waals surface area contributed by atoms with E-state index in [1.807, 2.05) is 0 Å². The minimum atomic E-state index is 0.181. The summed E-state index contributed by atoms with van der Waals surface area (Å²) in [5.74, 6) is 1.07. The van der Waals surface area contributed by atoms with E-state index >= 15 is 0 Å². The molecule has 2 unspecified atom stereocenters. The van der Waals surface area contributed by atoms with Gasteiger partial charge in [0.05, 0.1) is 18.8 Å². The van der Waals surface area contributed by atoms with Crippen molar-refractivity contribution >= 4 is 0 Å². The van der Waals surface area contributed by atoms with Crippen molar-refractivity contribution < 1.29 is 9.47 Å². The third kappa shape index (κ3) is 2.52. The van der Waals surface area contributed by atoms with Gasteiger partial charge in [-0.2, -0.15) is 0 Å². The lowest BCUT2D eigenvalue weighted by Crippen LogP contribution is -2.33. The first kappa shape index (κ1) is 13.4. The molecule has 0 saturated carbocycles. The molecule has 3 nitrogen and oxygen atoms in total. The summed E-state index contributed by atoms with van der Waals surface area (Å²) in [6.07, 6.45) is 2.18. The van der Waals surface area contributed by atoms with Gasteiger partial charge in [-0.1, -0.05) is 32.0 Å². The van der Waals surface area contributed by atoms with Gasteiger partial charge in [0.2, 0.25) is 0 Å². The Hall–Kier alpha value is -1.06. The molecule has 1 aromatic carbocycles. The van der Waals surface area contributed by atoms with Crippen LogP contribution in [-0.4, -0.2) is 26.4 Å². The lowest BCUT2D eigenvalue weighted by Gasteiger charge is -2.27. The Kier molecular flexibility index (Phi) is 4.61. The lowest BCUT2D eigenvalue weighted by molar-refractivity contribution is 0.0647. The highest BCUT2D eigenvalue weighted by Crippen LogP contribution is 2.35. The molecule has 1 aliphatic rings. The van der Waals surface area contributed by atoms with Crippen LogP contribution in [0.25, 0.3) is 0 Å². The highest BCUT2D eigenvalue weighted by molar-refractivity contribution is 5.46. The first-order chi connectivity index (χ1) is 8.81. The summed E-state index contributed by atoms with van der Waals surface area (Å²) in [6, 6.07) is 6.63. The molecule has 2 atom stereocenters. The third-order valence-electron chi connectivity index (χ3n) is 3.58. The minimum absolute atomic E-state index is 0.181. The summed E-state index contributed by atoms with van der Waals surface area (Å²) in [7, 11) is 1.78. The molecule has 3 heteroatoms. The smallest absolute Gasteiger partial charge is 0.127 e. The van der Waals surface area contributed by atoms with E-state index in [9.17, 15) is 0 Å². The minimum Gasteiger partial charge on any atom is -0.493 e. The Morgan fingerprint density at radius 1 is 1.39 bits per heavy atom. The van der Waals surface area contributed by atoms with Crippen molar-refractivity contribution in [2.24, 2.45) is 0 Å². The second-order valence-corrected chi connectivity index (χ2v) is 4.65. The molecule has 100 valence electrons. The summed E-state index contributed by atoms with van der Waals surface area (Å²) in [5.41, 5.74) is 2.56. The Balaban J connectivity index is 2.33. The molecule has 2 rings (SSSR count). The summed E-state index contributed by atoms with van der Waals surface area (Å²) in [4.78, 5) is 0. The predicted octanol–water partition coefficient (Wildman–Crippen LogP) is 2.70. The molecule has 0 aliphatic carbocycles. The monoisotopic (exact) mass is 249 g/mol. The van der Waals surface area contributed by atoms with Crippen LogP contribution in [0.1, 0.15) is 37.4 Å². The lowest BCUT2D eigenvalue weighted by atomic mass is 9.96. The fourth-order valence-corrected chi connectivity index (χ4v) is 2.69. The summed E-state index contributed by atoms with van der Waals surface area (Å²) < 4.78 is 11.4. The molecule has 1 aliphatic heterocycles. The molecular formula is C15H23NO2. The SMILES string of the molecule is CCNC(c1cccc2c1OCC2)C(CC)OC. The number of hydrogen-bond acceptors (Lipinski definition) is 3. The first-order valence-electron chi connectivity index (χ1n) is 6.82. The van der Waals surface area contributed by atoms with Crippen LogP contribution in [0.4, 0.5) is 0 Å². The van der Waals surface area contributed by atoms with E-state index in [4.69, 9.17) is 9.47 Å². The van der Waals surface area contributed by atoms with E-state index in [0.29, 0.717) is 0 Å². The number of para-hydroxylation sites is 1. The normalized spacial score (nSPS) is 17.1. The van der Waals surface area contributed by atoms with Gasteiger partial charge in [0.15, 0.2) is 0 Å². The van der Waals surface area contributed by atoms with Crippen LogP contribution in [0.5, 0.6) is 5.75 Å². The largest absolute Gasteiger partial charge is 0.493 e. The average Bonchev–Trinajstić information content (AvgIpc) is 2.87. The van der Waals surface area contributed by atoms with Gasteiger partial charge in [0.25, 0.3) is 0 Å². The first-order valence-corrected chi connectivity index (χ1v) is 6.82. The molecule has 18 heavy (non-hydrogen) atoms. The summed E-state index contributed by atoms with van der Waals surface area (Å²) in [5, 5.41) is 3.53. The molecule has 1 aromatic rings. The zero-order chi connectivity index (χ0) is 13.0. The Morgan fingerprint density at radius 3 is 2.89 bits per heavy atom. The summed E-state index contributed by atoms with van der Waals surface area (Å²) in [6.45, 7) is 6.01. The van der Waals surface area contributed by atoms with Crippen LogP contribution in [0.15, 0.2) is 18.2 Å². The van der Waals surface area contributed by atoms with Crippen molar-refractivity contribution in [3.05, 3.63) is 29.3 Å². The number of rotatable bonds is 6. The van der Waals surface area contributed by atoms with Crippen molar-refractivity contribution in [2.75, 3.05) is 20.3 Å². The van der Waals surface area contributed by atoms with E-state index in [-0.39, 0.29) is 12.1 Å². The number of benzene rings is 1. The van der Waals surface area contributed by atoms with Gasteiger partial charge in [-0.15, -0.1) is 0 Å². The van der Waals surface area contributed by atoms with Gasteiger partial charge < -0.3 is 14.8 Å². The number of fused-ring (bicyclic) bond motifs is 1. The Morgan fingerprint density at radius 2 is 2.22 bits per heavy atom. The molecular weight excluding hydrogens is 226 g/mol. The van der Waals surface area contributed by atoms with Crippen molar-refractivity contribution in [1.82, 2.24) is 5.32 Å². The maximum atomic E-state index is 5.80. The van der Waals surface area contributed by atoms with E-state index < -0.39 is 0 Å². The fourth-order valence-electron chi connectivity index (χ4n) is 2.69. The Labute approximate surface area is 109 Å². The third-order valence-corrected chi connectivity index (χ3v) is 3.58. The number of methoxy groups -OCH3 is 1. The highest BCUT2D eigenvalue weighted by atomic mass is 16.5. The number of hydrogen-bond donors (Lipinski definition) is 1. The number of likely N-dealkylation sites (N-methyl/N-ethyl adjacent to an activating group) is 1. The van der Waals surface area contributed by atoms with Crippen LogP contribution in [0.3, 0.4) is 0 Å². The van der Waals surface area contributed by atoms with Crippen molar-refractivity contribution in [3.8, 4) is 5.75 Å². The van der Waals surface area contributed by atoms with Crippen LogP contribution >= 0.6 is 0 Å². The zero-order valence-electron chi connectivity index (χ0n) is 11.5. The molecule has 0 fully saturated rings. The standard InChI is InChI=1S/C15H23NO2/c1-4-13(17-3)14(16-5-2)12-8-6-7-11-9-10-18-15(11)12/h6-8,13-14,16H,4-5,9-10H2,1-3H3. The van der Waals surface area contributed by atoms with Crippen molar-refractivity contribution in [2.45, 2.75) is 38.8 Å².